The maximum absolute atomic E-state index is 11.9. The molecular formula is C12H22N2O5. The lowest BCUT2D eigenvalue weighted by molar-refractivity contribution is -0.139. The second-order valence-electron chi connectivity index (χ2n) is 3.85. The fourth-order valence-corrected chi connectivity index (χ4v) is 1.37. The Morgan fingerprint density at radius 3 is 2.47 bits per heavy atom. The Balaban J connectivity index is 4.46. The van der Waals surface area contributed by atoms with Crippen molar-refractivity contribution in [3.8, 4) is 0 Å². The van der Waals surface area contributed by atoms with Crippen molar-refractivity contribution in [3.63, 3.8) is 0 Å². The van der Waals surface area contributed by atoms with E-state index in [4.69, 9.17) is 14.6 Å². The van der Waals surface area contributed by atoms with Gasteiger partial charge >= 0.3 is 12.0 Å². The van der Waals surface area contributed by atoms with Gasteiger partial charge in [0.1, 0.15) is 6.04 Å². The van der Waals surface area contributed by atoms with Crippen molar-refractivity contribution >= 4 is 12.0 Å². The van der Waals surface area contributed by atoms with Crippen molar-refractivity contribution in [3.05, 3.63) is 12.7 Å². The standard InChI is InChI=1S/C12H22N2O5/c1-4-6-14(7-9-19-3)12(17)13-10(11(15)16)5-8-18-2/h4,10H,1,5-9H2,2-3H3,(H,13,17)(H,15,16). The van der Waals surface area contributed by atoms with Gasteiger partial charge in [0.2, 0.25) is 0 Å². The second kappa shape index (κ2) is 10.3. The summed E-state index contributed by atoms with van der Waals surface area (Å²) in [6.45, 7) is 4.88. The van der Waals surface area contributed by atoms with Crippen LogP contribution in [0.5, 0.6) is 0 Å². The van der Waals surface area contributed by atoms with Gasteiger partial charge in [0, 0.05) is 40.3 Å². The Kier molecular flexibility index (Phi) is 9.46. The van der Waals surface area contributed by atoms with Crippen molar-refractivity contribution in [1.29, 1.82) is 0 Å². The minimum atomic E-state index is -1.09. The number of rotatable bonds is 10. The molecule has 0 saturated carbocycles. The number of carboxylic acids is 1. The first-order valence-corrected chi connectivity index (χ1v) is 5.93. The Labute approximate surface area is 113 Å². The van der Waals surface area contributed by atoms with Gasteiger partial charge in [-0.25, -0.2) is 9.59 Å². The number of urea groups is 1. The number of ether oxygens (including phenoxy) is 2. The molecule has 0 aromatic rings. The zero-order chi connectivity index (χ0) is 14.7. The lowest BCUT2D eigenvalue weighted by Gasteiger charge is -2.23. The number of methoxy groups -OCH3 is 2. The fraction of sp³-hybridized carbons (Fsp3) is 0.667. The Morgan fingerprint density at radius 1 is 1.37 bits per heavy atom. The van der Waals surface area contributed by atoms with Crippen LogP contribution in [0.25, 0.3) is 0 Å². The van der Waals surface area contributed by atoms with E-state index in [0.29, 0.717) is 19.7 Å². The van der Waals surface area contributed by atoms with Crippen molar-refractivity contribution < 1.29 is 24.2 Å². The topological polar surface area (TPSA) is 88.1 Å². The van der Waals surface area contributed by atoms with Gasteiger partial charge in [0.25, 0.3) is 0 Å². The van der Waals surface area contributed by atoms with E-state index in [1.807, 2.05) is 0 Å². The van der Waals surface area contributed by atoms with Gasteiger partial charge < -0.3 is 24.8 Å². The zero-order valence-electron chi connectivity index (χ0n) is 11.4. The molecule has 1 atom stereocenters. The van der Waals surface area contributed by atoms with E-state index < -0.39 is 18.0 Å². The number of carboxylic acid groups (broad SMARTS) is 1. The highest BCUT2D eigenvalue weighted by Crippen LogP contribution is 1.97. The van der Waals surface area contributed by atoms with Crippen LogP contribution < -0.4 is 5.32 Å². The zero-order valence-corrected chi connectivity index (χ0v) is 11.4. The molecule has 0 spiro atoms. The van der Waals surface area contributed by atoms with Gasteiger partial charge in [0.05, 0.1) is 6.61 Å². The van der Waals surface area contributed by atoms with E-state index in [2.05, 4.69) is 11.9 Å². The lowest BCUT2D eigenvalue weighted by Crippen LogP contribution is -2.49. The second-order valence-corrected chi connectivity index (χ2v) is 3.85. The molecule has 19 heavy (non-hydrogen) atoms. The normalized spacial score (nSPS) is 11.7. The Bertz CT molecular complexity index is 296. The quantitative estimate of drug-likeness (QED) is 0.560. The van der Waals surface area contributed by atoms with E-state index in [-0.39, 0.29) is 13.0 Å². The van der Waals surface area contributed by atoms with Crippen LogP contribution in [0.2, 0.25) is 0 Å². The van der Waals surface area contributed by atoms with Crippen LogP contribution in [-0.4, -0.2) is 68.6 Å². The molecule has 2 N–H and O–H groups in total. The van der Waals surface area contributed by atoms with Crippen LogP contribution >= 0.6 is 0 Å². The van der Waals surface area contributed by atoms with Crippen LogP contribution in [0.4, 0.5) is 4.79 Å². The van der Waals surface area contributed by atoms with Gasteiger partial charge in [-0.2, -0.15) is 0 Å². The number of amides is 2. The summed E-state index contributed by atoms with van der Waals surface area (Å²) in [6, 6.07) is -1.43. The largest absolute Gasteiger partial charge is 0.480 e. The van der Waals surface area contributed by atoms with Crippen molar-refractivity contribution in [2.45, 2.75) is 12.5 Å². The molecule has 0 aromatic carbocycles. The maximum atomic E-state index is 11.9. The van der Waals surface area contributed by atoms with E-state index in [1.54, 1.807) is 6.08 Å². The third-order valence-corrected chi connectivity index (χ3v) is 2.41. The van der Waals surface area contributed by atoms with E-state index >= 15 is 0 Å². The first kappa shape index (κ1) is 17.4. The summed E-state index contributed by atoms with van der Waals surface area (Å²) in [5.41, 5.74) is 0. The van der Waals surface area contributed by atoms with E-state index in [0.717, 1.165) is 0 Å². The molecule has 0 bridgehead atoms. The van der Waals surface area contributed by atoms with Crippen molar-refractivity contribution in [2.75, 3.05) is 40.5 Å². The molecule has 0 aromatic heterocycles. The third-order valence-electron chi connectivity index (χ3n) is 2.41. The molecule has 0 aliphatic rings. The number of nitrogens with zero attached hydrogens (tertiary/aromatic N) is 1. The molecule has 2 amide bonds. The van der Waals surface area contributed by atoms with Crippen LogP contribution in [0, 0.1) is 0 Å². The molecule has 0 aliphatic carbocycles. The summed E-state index contributed by atoms with van der Waals surface area (Å²) in [5, 5.41) is 11.5. The Hall–Kier alpha value is -1.60. The van der Waals surface area contributed by atoms with Gasteiger partial charge in [-0.1, -0.05) is 6.08 Å². The van der Waals surface area contributed by atoms with Crippen molar-refractivity contribution in [1.82, 2.24) is 10.2 Å². The van der Waals surface area contributed by atoms with E-state index in [1.165, 1.54) is 19.1 Å². The first-order chi connectivity index (χ1) is 9.06. The lowest BCUT2D eigenvalue weighted by atomic mass is 10.2. The van der Waals surface area contributed by atoms with Crippen molar-refractivity contribution in [2.24, 2.45) is 0 Å². The number of nitrogens with one attached hydrogen (secondary N) is 1. The van der Waals surface area contributed by atoms with Gasteiger partial charge in [0.15, 0.2) is 0 Å². The average molecular weight is 274 g/mol. The summed E-state index contributed by atoms with van der Waals surface area (Å²) in [6.07, 6.45) is 1.78. The summed E-state index contributed by atoms with van der Waals surface area (Å²) < 4.78 is 9.71. The van der Waals surface area contributed by atoms with Gasteiger partial charge in [-0.15, -0.1) is 6.58 Å². The number of carbonyl (C=O) groups is 2. The SMILES string of the molecule is C=CCN(CCOC)C(=O)NC(CCOC)C(=O)O. The van der Waals surface area contributed by atoms with Crippen LogP contribution in [0.15, 0.2) is 12.7 Å². The molecule has 0 rings (SSSR count). The number of hydrogen-bond donors (Lipinski definition) is 2. The Morgan fingerprint density at radius 2 is 2.00 bits per heavy atom. The van der Waals surface area contributed by atoms with E-state index in [9.17, 15) is 9.59 Å². The summed E-state index contributed by atoms with van der Waals surface area (Å²) in [7, 11) is 3.01. The van der Waals surface area contributed by atoms with Crippen LogP contribution in [0.3, 0.4) is 0 Å². The smallest absolute Gasteiger partial charge is 0.326 e. The highest BCUT2D eigenvalue weighted by Gasteiger charge is 2.22. The number of carbonyl (C=O) groups excluding carboxylic acids is 1. The van der Waals surface area contributed by atoms with Gasteiger partial charge in [-0.3, -0.25) is 0 Å². The monoisotopic (exact) mass is 274 g/mol. The summed E-state index contributed by atoms with van der Waals surface area (Å²) in [4.78, 5) is 24.4. The minimum absolute atomic E-state index is 0.212. The number of hydrogen-bond acceptors (Lipinski definition) is 4. The molecule has 0 radical (unpaired) electrons. The molecular weight excluding hydrogens is 252 g/mol. The first-order valence-electron chi connectivity index (χ1n) is 5.93. The molecule has 0 saturated heterocycles. The molecule has 110 valence electrons. The van der Waals surface area contributed by atoms with Gasteiger partial charge in [-0.05, 0) is 0 Å². The fourth-order valence-electron chi connectivity index (χ4n) is 1.37. The molecule has 0 aliphatic heterocycles. The molecule has 0 heterocycles. The average Bonchev–Trinajstić information content (AvgIpc) is 2.38. The minimum Gasteiger partial charge on any atom is -0.480 e. The molecule has 1 unspecified atom stereocenters. The summed E-state index contributed by atoms with van der Waals surface area (Å²) in [5.74, 6) is -1.09. The number of aliphatic carboxylic acids is 1. The third kappa shape index (κ3) is 7.43. The predicted octanol–water partition coefficient (Wildman–Crippen LogP) is 0.320. The maximum Gasteiger partial charge on any atom is 0.326 e. The highest BCUT2D eigenvalue weighted by atomic mass is 16.5. The highest BCUT2D eigenvalue weighted by molar-refractivity contribution is 5.82. The van der Waals surface area contributed by atoms with Crippen LogP contribution in [0.1, 0.15) is 6.42 Å². The molecule has 0 fully saturated rings. The summed E-state index contributed by atoms with van der Waals surface area (Å²) >= 11 is 0. The molecule has 7 nitrogen and oxygen atoms in total. The van der Waals surface area contributed by atoms with Crippen LogP contribution in [-0.2, 0) is 14.3 Å². The molecule has 7 heteroatoms. The predicted molar refractivity (Wildman–Crippen MR) is 70.1 cm³/mol.